The Morgan fingerprint density at radius 2 is 2.06 bits per heavy atom. The molecule has 1 N–H and O–H groups in total. The fourth-order valence-corrected chi connectivity index (χ4v) is 2.00. The summed E-state index contributed by atoms with van der Waals surface area (Å²) in [7, 11) is 1.76. The second-order valence-corrected chi connectivity index (χ2v) is 4.30. The Hall–Kier alpha value is -2.15. The third-order valence-electron chi connectivity index (χ3n) is 2.19. The van der Waals surface area contributed by atoms with Gasteiger partial charge < -0.3 is 10.0 Å². The molecule has 0 fully saturated rings. The van der Waals surface area contributed by atoms with E-state index in [1.54, 1.807) is 36.2 Å². The topological polar surface area (TPSA) is 79.5 Å². The van der Waals surface area contributed by atoms with Gasteiger partial charge in [0.15, 0.2) is 5.13 Å². The molecule has 1 heterocycles. The normalized spacial score (nSPS) is 10.2. The van der Waals surface area contributed by atoms with Crippen LogP contribution in [0.1, 0.15) is 0 Å². The van der Waals surface area contributed by atoms with E-state index in [0.717, 1.165) is 17.0 Å². The number of rotatable bonds is 3. The van der Waals surface area contributed by atoms with E-state index in [0.29, 0.717) is 5.13 Å². The number of phenolic OH excluding ortho intramolecular Hbond substituents is 1. The number of aromatic hydroxyl groups is 1. The zero-order chi connectivity index (χ0) is 12.4. The molecule has 0 saturated heterocycles. The molecule has 0 atom stereocenters. The largest absolute Gasteiger partial charge is 0.508 e. The van der Waals surface area contributed by atoms with E-state index in [1.165, 1.54) is 6.20 Å². The quantitative estimate of drug-likeness (QED) is 0.669. The Kier molecular flexibility index (Phi) is 2.92. The van der Waals surface area contributed by atoms with E-state index >= 15 is 0 Å². The lowest BCUT2D eigenvalue weighted by Crippen LogP contribution is -2.08. The summed E-state index contributed by atoms with van der Waals surface area (Å²) in [5.74, 6) is 0.173. The van der Waals surface area contributed by atoms with Crippen molar-refractivity contribution < 1.29 is 10.0 Å². The standard InChI is InChI=1S/C10H9N3O3S/c1-12(7-2-4-8(14)5-3-7)10-11-6-9(17-10)13(15)16/h2-6,14H,1H3. The second kappa shape index (κ2) is 4.38. The fourth-order valence-electron chi connectivity index (χ4n) is 1.28. The summed E-state index contributed by atoms with van der Waals surface area (Å²) in [6.07, 6.45) is 1.23. The molecule has 2 aromatic rings. The molecule has 0 aliphatic carbocycles. The van der Waals surface area contributed by atoms with Crippen LogP contribution in [0.25, 0.3) is 0 Å². The van der Waals surface area contributed by atoms with Gasteiger partial charge in [0.05, 0.1) is 4.92 Å². The molecule has 0 radical (unpaired) electrons. The second-order valence-electron chi connectivity index (χ2n) is 3.31. The van der Waals surface area contributed by atoms with Crippen LogP contribution >= 0.6 is 11.3 Å². The number of phenols is 1. The van der Waals surface area contributed by atoms with Crippen LogP contribution < -0.4 is 4.90 Å². The molecule has 17 heavy (non-hydrogen) atoms. The summed E-state index contributed by atoms with van der Waals surface area (Å²) < 4.78 is 0. The van der Waals surface area contributed by atoms with Crippen molar-refractivity contribution in [2.45, 2.75) is 0 Å². The predicted octanol–water partition coefficient (Wildman–Crippen LogP) is 2.52. The highest BCUT2D eigenvalue weighted by atomic mass is 32.1. The van der Waals surface area contributed by atoms with Gasteiger partial charge in [-0.05, 0) is 35.6 Å². The van der Waals surface area contributed by atoms with Crippen LogP contribution in [0.3, 0.4) is 0 Å². The number of benzene rings is 1. The molecule has 6 nitrogen and oxygen atoms in total. The van der Waals surface area contributed by atoms with E-state index < -0.39 is 4.92 Å². The molecule has 0 bridgehead atoms. The fraction of sp³-hybridized carbons (Fsp3) is 0.100. The smallest absolute Gasteiger partial charge is 0.345 e. The van der Waals surface area contributed by atoms with Crippen molar-refractivity contribution in [3.8, 4) is 5.75 Å². The van der Waals surface area contributed by atoms with Crippen molar-refractivity contribution in [2.24, 2.45) is 0 Å². The lowest BCUT2D eigenvalue weighted by atomic mass is 10.3. The van der Waals surface area contributed by atoms with E-state index in [1.807, 2.05) is 0 Å². The summed E-state index contributed by atoms with van der Waals surface area (Å²) >= 11 is 1.00. The van der Waals surface area contributed by atoms with E-state index in [-0.39, 0.29) is 10.8 Å². The molecule has 0 unspecified atom stereocenters. The van der Waals surface area contributed by atoms with Gasteiger partial charge in [0.1, 0.15) is 11.9 Å². The van der Waals surface area contributed by atoms with E-state index in [4.69, 9.17) is 5.11 Å². The maximum absolute atomic E-state index is 10.5. The zero-order valence-corrected chi connectivity index (χ0v) is 9.72. The van der Waals surface area contributed by atoms with Crippen LogP contribution in [0, 0.1) is 10.1 Å². The minimum absolute atomic E-state index is 0.00521. The maximum atomic E-state index is 10.5. The third-order valence-corrected chi connectivity index (χ3v) is 3.21. The summed E-state index contributed by atoms with van der Waals surface area (Å²) in [6, 6.07) is 6.52. The number of hydrogen-bond acceptors (Lipinski definition) is 6. The third kappa shape index (κ3) is 2.34. The maximum Gasteiger partial charge on any atom is 0.345 e. The van der Waals surface area contributed by atoms with Crippen molar-refractivity contribution in [1.29, 1.82) is 0 Å². The van der Waals surface area contributed by atoms with Gasteiger partial charge in [0, 0.05) is 12.7 Å². The van der Waals surface area contributed by atoms with Crippen molar-refractivity contribution in [3.63, 3.8) is 0 Å². The average Bonchev–Trinajstić information content (AvgIpc) is 2.78. The summed E-state index contributed by atoms with van der Waals surface area (Å²) in [5.41, 5.74) is 0.798. The molecule has 0 aliphatic heterocycles. The van der Waals surface area contributed by atoms with Crippen LogP contribution in [0.4, 0.5) is 15.8 Å². The summed E-state index contributed by atoms with van der Waals surface area (Å²) in [5, 5.41) is 20.2. The highest BCUT2D eigenvalue weighted by molar-refractivity contribution is 7.18. The van der Waals surface area contributed by atoms with Gasteiger partial charge in [-0.2, -0.15) is 0 Å². The van der Waals surface area contributed by atoms with Gasteiger partial charge in [-0.3, -0.25) is 10.1 Å². The lowest BCUT2D eigenvalue weighted by molar-refractivity contribution is -0.380. The first-order valence-electron chi connectivity index (χ1n) is 4.71. The Labute approximate surface area is 101 Å². The van der Waals surface area contributed by atoms with E-state index in [2.05, 4.69) is 4.98 Å². The first-order chi connectivity index (χ1) is 8.08. The molecule has 1 aromatic carbocycles. The van der Waals surface area contributed by atoms with Crippen LogP contribution in [-0.4, -0.2) is 22.1 Å². The molecular weight excluding hydrogens is 242 g/mol. The number of aromatic nitrogens is 1. The highest BCUT2D eigenvalue weighted by Crippen LogP contribution is 2.32. The first kappa shape index (κ1) is 11.3. The number of hydrogen-bond donors (Lipinski definition) is 1. The van der Waals surface area contributed by atoms with Gasteiger partial charge in [-0.15, -0.1) is 0 Å². The molecule has 0 amide bonds. The molecule has 0 aliphatic rings. The molecule has 7 heteroatoms. The predicted molar refractivity (Wildman–Crippen MR) is 64.9 cm³/mol. The van der Waals surface area contributed by atoms with Crippen LogP contribution in [0.15, 0.2) is 30.5 Å². The van der Waals surface area contributed by atoms with E-state index in [9.17, 15) is 10.1 Å². The van der Waals surface area contributed by atoms with Gasteiger partial charge in [0.2, 0.25) is 0 Å². The van der Waals surface area contributed by atoms with Crippen LogP contribution in [0.5, 0.6) is 5.75 Å². The Bertz CT molecular complexity index is 538. The molecule has 2 rings (SSSR count). The first-order valence-corrected chi connectivity index (χ1v) is 5.52. The number of thiazole rings is 1. The summed E-state index contributed by atoms with van der Waals surface area (Å²) in [4.78, 5) is 15.8. The zero-order valence-electron chi connectivity index (χ0n) is 8.90. The number of nitro groups is 1. The minimum Gasteiger partial charge on any atom is -0.508 e. The van der Waals surface area contributed by atoms with Gasteiger partial charge in [-0.1, -0.05) is 0 Å². The Morgan fingerprint density at radius 1 is 1.41 bits per heavy atom. The van der Waals surface area contributed by atoms with Gasteiger partial charge in [0.25, 0.3) is 0 Å². The van der Waals surface area contributed by atoms with Gasteiger partial charge in [-0.25, -0.2) is 4.98 Å². The minimum atomic E-state index is -0.466. The molecule has 1 aromatic heterocycles. The Morgan fingerprint density at radius 3 is 2.59 bits per heavy atom. The number of nitrogens with zero attached hydrogens (tertiary/aromatic N) is 3. The SMILES string of the molecule is CN(c1ccc(O)cc1)c1ncc([N+](=O)[O-])s1. The van der Waals surface area contributed by atoms with Gasteiger partial charge >= 0.3 is 5.00 Å². The Balaban J connectivity index is 2.27. The lowest BCUT2D eigenvalue weighted by Gasteiger charge is -2.15. The van der Waals surface area contributed by atoms with Crippen molar-refractivity contribution in [2.75, 3.05) is 11.9 Å². The van der Waals surface area contributed by atoms with Crippen molar-refractivity contribution >= 4 is 27.2 Å². The molecule has 88 valence electrons. The molecular formula is C10H9N3O3S. The monoisotopic (exact) mass is 251 g/mol. The highest BCUT2D eigenvalue weighted by Gasteiger charge is 2.15. The average molecular weight is 251 g/mol. The molecule has 0 spiro atoms. The molecule has 0 saturated carbocycles. The number of anilines is 2. The van der Waals surface area contributed by atoms with Crippen molar-refractivity contribution in [1.82, 2.24) is 4.98 Å². The van der Waals surface area contributed by atoms with Crippen LogP contribution in [-0.2, 0) is 0 Å². The summed E-state index contributed by atoms with van der Waals surface area (Å²) in [6.45, 7) is 0. The van der Waals surface area contributed by atoms with Crippen LogP contribution in [0.2, 0.25) is 0 Å². The van der Waals surface area contributed by atoms with Crippen molar-refractivity contribution in [3.05, 3.63) is 40.6 Å².